The number of benzene rings is 1. The summed E-state index contributed by atoms with van der Waals surface area (Å²) in [5, 5.41) is 0. The lowest BCUT2D eigenvalue weighted by atomic mass is 10.1. The van der Waals surface area contributed by atoms with E-state index in [-0.39, 0.29) is 11.3 Å². The highest BCUT2D eigenvalue weighted by atomic mass is 19.1. The second-order valence-corrected chi connectivity index (χ2v) is 3.39. The van der Waals surface area contributed by atoms with Gasteiger partial charge in [-0.15, -0.1) is 0 Å². The van der Waals surface area contributed by atoms with E-state index in [1.165, 1.54) is 6.26 Å². The van der Waals surface area contributed by atoms with Gasteiger partial charge in [-0.1, -0.05) is 0 Å². The van der Waals surface area contributed by atoms with E-state index in [1.54, 1.807) is 13.0 Å². The molecule has 0 spiro atoms. The van der Waals surface area contributed by atoms with Crippen LogP contribution in [-0.4, -0.2) is 5.78 Å². The van der Waals surface area contributed by atoms with Gasteiger partial charge in [-0.25, -0.2) is 8.78 Å². The third kappa shape index (κ3) is 1.74. The Kier molecular flexibility index (Phi) is 2.56. The van der Waals surface area contributed by atoms with Gasteiger partial charge in [-0.2, -0.15) is 0 Å². The first-order valence-corrected chi connectivity index (χ1v) is 4.63. The summed E-state index contributed by atoms with van der Waals surface area (Å²) in [6, 6.07) is 4.42. The van der Waals surface area contributed by atoms with Crippen LogP contribution in [0.25, 0.3) is 0 Å². The largest absolute Gasteiger partial charge is 0.461 e. The van der Waals surface area contributed by atoms with Gasteiger partial charge in [0.2, 0.25) is 5.78 Å². The number of carbonyl (C=O) groups is 1. The number of hydrogen-bond donors (Lipinski definition) is 0. The van der Waals surface area contributed by atoms with E-state index in [2.05, 4.69) is 0 Å². The van der Waals surface area contributed by atoms with Gasteiger partial charge in [0.15, 0.2) is 5.76 Å². The molecule has 82 valence electrons. The van der Waals surface area contributed by atoms with Crippen LogP contribution in [0.4, 0.5) is 8.78 Å². The first-order valence-electron chi connectivity index (χ1n) is 4.63. The zero-order chi connectivity index (χ0) is 11.7. The van der Waals surface area contributed by atoms with E-state index >= 15 is 0 Å². The van der Waals surface area contributed by atoms with Crippen molar-refractivity contribution in [3.63, 3.8) is 0 Å². The van der Waals surface area contributed by atoms with Gasteiger partial charge < -0.3 is 4.42 Å². The molecule has 0 saturated heterocycles. The van der Waals surface area contributed by atoms with Crippen LogP contribution in [0.3, 0.4) is 0 Å². The average Bonchev–Trinajstić information content (AvgIpc) is 2.63. The average molecular weight is 222 g/mol. The number of carbonyl (C=O) groups excluding carboxylic acids is 1. The molecule has 0 atom stereocenters. The minimum absolute atomic E-state index is 0.0745. The van der Waals surface area contributed by atoms with E-state index in [1.807, 2.05) is 0 Å². The van der Waals surface area contributed by atoms with E-state index in [0.717, 1.165) is 12.1 Å². The van der Waals surface area contributed by atoms with Crippen LogP contribution in [0.2, 0.25) is 0 Å². The van der Waals surface area contributed by atoms with Gasteiger partial charge in [0.05, 0.1) is 11.8 Å². The summed E-state index contributed by atoms with van der Waals surface area (Å²) in [7, 11) is 0. The monoisotopic (exact) mass is 222 g/mol. The lowest BCUT2D eigenvalue weighted by Gasteiger charge is -2.00. The molecular formula is C12H8F2O2. The normalized spacial score (nSPS) is 10.4. The van der Waals surface area contributed by atoms with Crippen LogP contribution in [0.5, 0.6) is 0 Å². The minimum Gasteiger partial charge on any atom is -0.461 e. The highest BCUT2D eigenvalue weighted by Gasteiger charge is 2.18. The second-order valence-electron chi connectivity index (χ2n) is 3.39. The van der Waals surface area contributed by atoms with Gasteiger partial charge in [-0.3, -0.25) is 4.79 Å². The van der Waals surface area contributed by atoms with E-state index in [4.69, 9.17) is 4.42 Å². The number of furan rings is 1. The maximum absolute atomic E-state index is 13.3. The molecule has 1 heterocycles. The Bertz CT molecular complexity index is 544. The van der Waals surface area contributed by atoms with Crippen LogP contribution >= 0.6 is 0 Å². The molecule has 1 aromatic heterocycles. The molecule has 0 fully saturated rings. The predicted molar refractivity (Wildman–Crippen MR) is 53.2 cm³/mol. The SMILES string of the molecule is Cc1ccoc1C(=O)c1ccc(F)cc1F. The predicted octanol–water partition coefficient (Wildman–Crippen LogP) is 3.10. The van der Waals surface area contributed by atoms with Crippen molar-refractivity contribution in [2.24, 2.45) is 0 Å². The first kappa shape index (κ1) is 10.5. The van der Waals surface area contributed by atoms with Crippen molar-refractivity contribution in [1.29, 1.82) is 0 Å². The number of rotatable bonds is 2. The Morgan fingerprint density at radius 1 is 1.25 bits per heavy atom. The fourth-order valence-electron chi connectivity index (χ4n) is 1.40. The number of halogens is 2. The molecule has 0 saturated carbocycles. The van der Waals surface area contributed by atoms with Crippen molar-refractivity contribution < 1.29 is 18.0 Å². The number of hydrogen-bond acceptors (Lipinski definition) is 2. The first-order chi connectivity index (χ1) is 7.59. The highest BCUT2D eigenvalue weighted by molar-refractivity contribution is 6.08. The van der Waals surface area contributed by atoms with Crippen molar-refractivity contribution in [2.45, 2.75) is 6.92 Å². The summed E-state index contributed by atoms with van der Waals surface area (Å²) in [6.07, 6.45) is 1.35. The zero-order valence-corrected chi connectivity index (χ0v) is 8.46. The summed E-state index contributed by atoms with van der Waals surface area (Å²) in [4.78, 5) is 11.8. The van der Waals surface area contributed by atoms with Crippen LogP contribution < -0.4 is 0 Å². The Morgan fingerprint density at radius 3 is 2.56 bits per heavy atom. The van der Waals surface area contributed by atoms with Crippen molar-refractivity contribution in [3.8, 4) is 0 Å². The third-order valence-electron chi connectivity index (χ3n) is 2.24. The van der Waals surface area contributed by atoms with E-state index in [0.29, 0.717) is 11.6 Å². The zero-order valence-electron chi connectivity index (χ0n) is 8.46. The van der Waals surface area contributed by atoms with Crippen LogP contribution in [0.15, 0.2) is 34.9 Å². The standard InChI is InChI=1S/C12H8F2O2/c1-7-4-5-16-12(7)11(15)9-3-2-8(13)6-10(9)14/h2-6H,1H3. The number of ketones is 1. The molecule has 4 heteroatoms. The van der Waals surface area contributed by atoms with Crippen molar-refractivity contribution in [2.75, 3.05) is 0 Å². The smallest absolute Gasteiger partial charge is 0.231 e. The summed E-state index contributed by atoms with van der Waals surface area (Å²) in [5.74, 6) is -2.11. The molecular weight excluding hydrogens is 214 g/mol. The van der Waals surface area contributed by atoms with Crippen LogP contribution in [-0.2, 0) is 0 Å². The van der Waals surface area contributed by atoms with Gasteiger partial charge in [-0.05, 0) is 30.7 Å². The molecule has 1 aromatic carbocycles. The Hall–Kier alpha value is -1.97. The van der Waals surface area contributed by atoms with Gasteiger partial charge in [0.25, 0.3) is 0 Å². The van der Waals surface area contributed by atoms with Crippen LogP contribution in [0.1, 0.15) is 21.7 Å². The van der Waals surface area contributed by atoms with Crippen molar-refractivity contribution >= 4 is 5.78 Å². The van der Waals surface area contributed by atoms with Gasteiger partial charge >= 0.3 is 0 Å². The summed E-state index contributed by atoms with van der Waals surface area (Å²) < 4.78 is 30.9. The molecule has 0 radical (unpaired) electrons. The molecule has 0 aliphatic rings. The molecule has 0 unspecified atom stereocenters. The Labute approximate surface area is 90.5 Å². The van der Waals surface area contributed by atoms with Crippen molar-refractivity contribution in [3.05, 3.63) is 59.1 Å². The second kappa shape index (κ2) is 3.89. The quantitative estimate of drug-likeness (QED) is 0.731. The topological polar surface area (TPSA) is 30.2 Å². The highest BCUT2D eigenvalue weighted by Crippen LogP contribution is 2.18. The maximum Gasteiger partial charge on any atom is 0.231 e. The maximum atomic E-state index is 13.3. The number of aryl methyl sites for hydroxylation is 1. The fraction of sp³-hybridized carbons (Fsp3) is 0.0833. The Morgan fingerprint density at radius 2 is 2.00 bits per heavy atom. The summed E-state index contributed by atoms with van der Waals surface area (Å²) in [5.41, 5.74) is 0.424. The molecule has 0 aliphatic heterocycles. The van der Waals surface area contributed by atoms with Crippen molar-refractivity contribution in [1.82, 2.24) is 0 Å². The lowest BCUT2D eigenvalue weighted by molar-refractivity contribution is 0.100. The molecule has 0 amide bonds. The molecule has 0 N–H and O–H groups in total. The summed E-state index contributed by atoms with van der Waals surface area (Å²) >= 11 is 0. The van der Waals surface area contributed by atoms with E-state index < -0.39 is 17.4 Å². The molecule has 0 bridgehead atoms. The van der Waals surface area contributed by atoms with Gasteiger partial charge in [0, 0.05) is 6.07 Å². The van der Waals surface area contributed by atoms with E-state index in [9.17, 15) is 13.6 Å². The lowest BCUT2D eigenvalue weighted by Crippen LogP contribution is -2.04. The molecule has 0 aliphatic carbocycles. The molecule has 2 aromatic rings. The summed E-state index contributed by atoms with van der Waals surface area (Å²) in [6.45, 7) is 1.68. The third-order valence-corrected chi connectivity index (χ3v) is 2.24. The molecule has 2 rings (SSSR count). The fourth-order valence-corrected chi connectivity index (χ4v) is 1.40. The van der Waals surface area contributed by atoms with Crippen LogP contribution in [0, 0.1) is 18.6 Å². The van der Waals surface area contributed by atoms with Gasteiger partial charge in [0.1, 0.15) is 11.6 Å². The molecule has 16 heavy (non-hydrogen) atoms. The minimum atomic E-state index is -0.888. The molecule has 2 nitrogen and oxygen atoms in total. The Balaban J connectivity index is 2.46.